The molecule has 0 amide bonds. The van der Waals surface area contributed by atoms with Crippen LogP contribution in [0.3, 0.4) is 0 Å². The highest BCUT2D eigenvalue weighted by Gasteiger charge is 1.97. The second-order valence-corrected chi connectivity index (χ2v) is 4.71. The first kappa shape index (κ1) is 11.8. The van der Waals surface area contributed by atoms with Gasteiger partial charge in [-0.1, -0.05) is 35.5 Å². The van der Waals surface area contributed by atoms with Crippen LogP contribution in [0.5, 0.6) is 0 Å². The van der Waals surface area contributed by atoms with Crippen LogP contribution >= 0.6 is 0 Å². The predicted octanol–water partition coefficient (Wildman–Crippen LogP) is 1.35. The van der Waals surface area contributed by atoms with E-state index in [1.807, 2.05) is 19.9 Å². The number of rotatable bonds is 6. The highest BCUT2D eigenvalue weighted by atomic mass is 28.2. The Morgan fingerprint density at radius 1 is 1.13 bits per heavy atom. The first-order valence-electron chi connectivity index (χ1n) is 5.36. The highest BCUT2D eigenvalue weighted by Crippen LogP contribution is 1.98. The quantitative estimate of drug-likeness (QED) is 0.534. The lowest BCUT2D eigenvalue weighted by Gasteiger charge is -2.08. The molecule has 0 bridgehead atoms. The van der Waals surface area contributed by atoms with Crippen molar-refractivity contribution in [3.8, 4) is 0 Å². The maximum atomic E-state index is 5.38. The van der Waals surface area contributed by atoms with Gasteiger partial charge in [-0.2, -0.15) is 0 Å². The molecule has 1 aromatic rings. The molecule has 0 aliphatic heterocycles. The van der Waals surface area contributed by atoms with E-state index < -0.39 is 9.52 Å². The normalized spacial score (nSPS) is 10.3. The maximum absolute atomic E-state index is 5.38. The van der Waals surface area contributed by atoms with Gasteiger partial charge in [-0.05, 0) is 19.5 Å². The molecule has 0 N–H and O–H groups in total. The summed E-state index contributed by atoms with van der Waals surface area (Å²) in [4.78, 5) is 0. The molecule has 1 aromatic carbocycles. The zero-order valence-corrected chi connectivity index (χ0v) is 10.8. The average molecular weight is 222 g/mol. The van der Waals surface area contributed by atoms with Crippen molar-refractivity contribution in [1.29, 1.82) is 0 Å². The number of benzene rings is 1. The molecule has 0 heterocycles. The fourth-order valence-electron chi connectivity index (χ4n) is 1.26. The van der Waals surface area contributed by atoms with Crippen molar-refractivity contribution in [3.05, 3.63) is 42.0 Å². The molecule has 0 aliphatic rings. The fraction of sp³-hybridized carbons (Fsp3) is 0.333. The minimum atomic E-state index is -0.412. The monoisotopic (exact) mass is 222 g/mol. The first-order valence-corrected chi connectivity index (χ1v) is 6.88. The molecule has 82 valence electrons. The third-order valence-electron chi connectivity index (χ3n) is 1.92. The lowest BCUT2D eigenvalue weighted by atomic mass is 10.4. The van der Waals surface area contributed by atoms with Gasteiger partial charge in [0.2, 0.25) is 0 Å². The Balaban J connectivity index is 2.53. The molecule has 0 aromatic heterocycles. The van der Waals surface area contributed by atoms with E-state index in [1.165, 1.54) is 5.19 Å². The van der Waals surface area contributed by atoms with E-state index in [-0.39, 0.29) is 0 Å². The molecule has 0 saturated heterocycles. The Bertz CT molecular complexity index is 288. The Morgan fingerprint density at radius 3 is 2.27 bits per heavy atom. The van der Waals surface area contributed by atoms with Crippen LogP contribution in [0.1, 0.15) is 13.8 Å². The van der Waals surface area contributed by atoms with Crippen molar-refractivity contribution >= 4 is 14.7 Å². The smallest absolute Gasteiger partial charge is 0.270 e. The zero-order valence-electron chi connectivity index (χ0n) is 9.40. The van der Waals surface area contributed by atoms with Crippen LogP contribution in [-0.4, -0.2) is 22.7 Å². The SMILES string of the molecule is CCOC(=C[SiH2]c1ccccc1)OCC. The molecule has 2 nitrogen and oxygen atoms in total. The summed E-state index contributed by atoms with van der Waals surface area (Å²) in [6, 6.07) is 10.5. The van der Waals surface area contributed by atoms with E-state index in [2.05, 4.69) is 30.0 Å². The van der Waals surface area contributed by atoms with Gasteiger partial charge < -0.3 is 9.47 Å². The van der Waals surface area contributed by atoms with Crippen LogP contribution in [-0.2, 0) is 9.47 Å². The van der Waals surface area contributed by atoms with Crippen LogP contribution in [0.25, 0.3) is 0 Å². The Labute approximate surface area is 93.7 Å². The molecule has 0 unspecified atom stereocenters. The summed E-state index contributed by atoms with van der Waals surface area (Å²) in [6.07, 6.45) is 0. The third kappa shape index (κ3) is 4.70. The first-order chi connectivity index (χ1) is 7.36. The van der Waals surface area contributed by atoms with E-state index in [4.69, 9.17) is 9.47 Å². The molecule has 3 heteroatoms. The van der Waals surface area contributed by atoms with E-state index in [1.54, 1.807) is 0 Å². The van der Waals surface area contributed by atoms with Crippen molar-refractivity contribution in [1.82, 2.24) is 0 Å². The largest absolute Gasteiger partial charge is 0.466 e. The van der Waals surface area contributed by atoms with Gasteiger partial charge in [-0.15, -0.1) is 0 Å². The summed E-state index contributed by atoms with van der Waals surface area (Å²) in [7, 11) is -0.412. The van der Waals surface area contributed by atoms with Gasteiger partial charge in [0.05, 0.1) is 22.7 Å². The molecule has 0 atom stereocenters. The molecule has 0 saturated carbocycles. The standard InChI is InChI=1S/C12H18O2Si/c1-3-13-12(14-4-2)10-15-11-8-6-5-7-9-11/h5-10H,3-4,15H2,1-2H3. The minimum Gasteiger partial charge on any atom is -0.466 e. The van der Waals surface area contributed by atoms with Gasteiger partial charge in [0.15, 0.2) is 0 Å². The van der Waals surface area contributed by atoms with Gasteiger partial charge in [0.25, 0.3) is 5.95 Å². The lowest BCUT2D eigenvalue weighted by molar-refractivity contribution is 0.0476. The number of hydrogen-bond acceptors (Lipinski definition) is 2. The van der Waals surface area contributed by atoms with Crippen molar-refractivity contribution in [2.24, 2.45) is 0 Å². The predicted molar refractivity (Wildman–Crippen MR) is 66.0 cm³/mol. The molecule has 0 aliphatic carbocycles. The summed E-state index contributed by atoms with van der Waals surface area (Å²) in [5.41, 5.74) is 2.11. The summed E-state index contributed by atoms with van der Waals surface area (Å²) < 4.78 is 10.8. The third-order valence-corrected chi connectivity index (χ3v) is 3.40. The summed E-state index contributed by atoms with van der Waals surface area (Å²) in [5, 5.41) is 1.40. The Morgan fingerprint density at radius 2 is 1.73 bits per heavy atom. The molecule has 0 radical (unpaired) electrons. The van der Waals surface area contributed by atoms with Gasteiger partial charge in [0, 0.05) is 0 Å². The average Bonchev–Trinajstić information content (AvgIpc) is 2.28. The van der Waals surface area contributed by atoms with E-state index in [0.29, 0.717) is 19.2 Å². The van der Waals surface area contributed by atoms with Crippen LogP contribution in [0.15, 0.2) is 42.0 Å². The van der Waals surface area contributed by atoms with Gasteiger partial charge in [0.1, 0.15) is 0 Å². The second kappa shape index (κ2) is 7.12. The van der Waals surface area contributed by atoms with Crippen LogP contribution in [0.2, 0.25) is 0 Å². The highest BCUT2D eigenvalue weighted by molar-refractivity contribution is 6.58. The van der Waals surface area contributed by atoms with Gasteiger partial charge in [-0.25, -0.2) is 0 Å². The second-order valence-electron chi connectivity index (χ2n) is 3.08. The topological polar surface area (TPSA) is 18.5 Å². The Kier molecular flexibility index (Phi) is 5.62. The molecular formula is C12H18O2Si. The molecule has 1 rings (SSSR count). The minimum absolute atomic E-state index is 0.412. The van der Waals surface area contributed by atoms with Crippen LogP contribution < -0.4 is 5.19 Å². The van der Waals surface area contributed by atoms with E-state index in [0.717, 1.165) is 0 Å². The summed E-state index contributed by atoms with van der Waals surface area (Å²) in [6.45, 7) is 5.26. The van der Waals surface area contributed by atoms with Crippen LogP contribution in [0, 0.1) is 0 Å². The van der Waals surface area contributed by atoms with Crippen molar-refractivity contribution in [3.63, 3.8) is 0 Å². The molecule has 15 heavy (non-hydrogen) atoms. The van der Waals surface area contributed by atoms with Crippen LogP contribution in [0.4, 0.5) is 0 Å². The van der Waals surface area contributed by atoms with E-state index >= 15 is 0 Å². The molecule has 0 spiro atoms. The van der Waals surface area contributed by atoms with Crippen molar-refractivity contribution in [2.75, 3.05) is 13.2 Å². The zero-order chi connectivity index (χ0) is 10.9. The summed E-state index contributed by atoms with van der Waals surface area (Å²) >= 11 is 0. The van der Waals surface area contributed by atoms with Crippen molar-refractivity contribution in [2.45, 2.75) is 13.8 Å². The van der Waals surface area contributed by atoms with Crippen molar-refractivity contribution < 1.29 is 9.47 Å². The van der Waals surface area contributed by atoms with Gasteiger partial charge in [-0.3, -0.25) is 0 Å². The molecule has 0 fully saturated rings. The Hall–Kier alpha value is -1.22. The van der Waals surface area contributed by atoms with E-state index in [9.17, 15) is 0 Å². The number of ether oxygens (including phenoxy) is 2. The fourth-order valence-corrected chi connectivity index (χ4v) is 2.44. The number of hydrogen-bond donors (Lipinski definition) is 0. The lowest BCUT2D eigenvalue weighted by Crippen LogP contribution is -2.12. The molecular weight excluding hydrogens is 204 g/mol. The van der Waals surface area contributed by atoms with Gasteiger partial charge >= 0.3 is 0 Å². The maximum Gasteiger partial charge on any atom is 0.270 e. The summed E-state index contributed by atoms with van der Waals surface area (Å²) in [5.74, 6) is 0.690.